The molecule has 23 heavy (non-hydrogen) atoms. The summed E-state index contributed by atoms with van der Waals surface area (Å²) in [4.78, 5) is 25.1. The lowest BCUT2D eigenvalue weighted by Gasteiger charge is -2.27. The van der Waals surface area contributed by atoms with Crippen molar-refractivity contribution in [2.75, 3.05) is 39.4 Å². The van der Waals surface area contributed by atoms with Gasteiger partial charge < -0.3 is 21.1 Å². The van der Waals surface area contributed by atoms with E-state index in [9.17, 15) is 9.59 Å². The predicted molar refractivity (Wildman–Crippen MR) is 86.4 cm³/mol. The number of morpholine rings is 1. The number of carbonyl (C=O) groups excluding carboxylic acids is 2. The zero-order valence-corrected chi connectivity index (χ0v) is 13.2. The van der Waals surface area contributed by atoms with Crippen LogP contribution in [0.2, 0.25) is 0 Å². The van der Waals surface area contributed by atoms with E-state index in [-0.39, 0.29) is 24.9 Å². The SMILES string of the molecule is NCC(=O)NCC(=O)NCc1ccccc1CN1CCOCC1. The van der Waals surface area contributed by atoms with Gasteiger partial charge >= 0.3 is 0 Å². The molecule has 1 aromatic carbocycles. The molecule has 0 aliphatic carbocycles. The fraction of sp³-hybridized carbons (Fsp3) is 0.500. The molecule has 7 nitrogen and oxygen atoms in total. The molecule has 1 fully saturated rings. The Hall–Kier alpha value is -1.96. The average molecular weight is 320 g/mol. The third-order valence-corrected chi connectivity index (χ3v) is 3.72. The number of nitrogens with zero attached hydrogens (tertiary/aromatic N) is 1. The first-order chi connectivity index (χ1) is 11.2. The number of nitrogens with one attached hydrogen (secondary N) is 2. The summed E-state index contributed by atoms with van der Waals surface area (Å²) >= 11 is 0. The predicted octanol–water partition coefficient (Wildman–Crippen LogP) is -0.790. The molecular formula is C16H24N4O3. The van der Waals surface area contributed by atoms with E-state index in [0.29, 0.717) is 6.54 Å². The Bertz CT molecular complexity index is 530. The van der Waals surface area contributed by atoms with Gasteiger partial charge in [0.05, 0.1) is 26.3 Å². The van der Waals surface area contributed by atoms with Gasteiger partial charge in [0.15, 0.2) is 0 Å². The van der Waals surface area contributed by atoms with Crippen molar-refractivity contribution < 1.29 is 14.3 Å². The maximum atomic E-state index is 11.7. The van der Waals surface area contributed by atoms with Crippen LogP contribution in [0, 0.1) is 0 Å². The summed E-state index contributed by atoms with van der Waals surface area (Å²) in [6, 6.07) is 8.05. The van der Waals surface area contributed by atoms with Crippen molar-refractivity contribution in [2.24, 2.45) is 5.73 Å². The summed E-state index contributed by atoms with van der Waals surface area (Å²) in [5.74, 6) is -0.569. The van der Waals surface area contributed by atoms with Crippen molar-refractivity contribution in [2.45, 2.75) is 13.1 Å². The van der Waals surface area contributed by atoms with Crippen LogP contribution in [0.4, 0.5) is 0 Å². The van der Waals surface area contributed by atoms with Gasteiger partial charge in [0.2, 0.25) is 11.8 Å². The van der Waals surface area contributed by atoms with E-state index < -0.39 is 0 Å². The van der Waals surface area contributed by atoms with Crippen LogP contribution in [0.3, 0.4) is 0 Å². The van der Waals surface area contributed by atoms with Crippen LogP contribution in [0.15, 0.2) is 24.3 Å². The van der Waals surface area contributed by atoms with Crippen LogP contribution in [0.1, 0.15) is 11.1 Å². The lowest BCUT2D eigenvalue weighted by molar-refractivity contribution is -0.125. The molecule has 0 bridgehead atoms. The van der Waals surface area contributed by atoms with Crippen molar-refractivity contribution in [3.05, 3.63) is 35.4 Å². The summed E-state index contributed by atoms with van der Waals surface area (Å²) in [5.41, 5.74) is 7.45. The van der Waals surface area contributed by atoms with E-state index >= 15 is 0 Å². The molecular weight excluding hydrogens is 296 g/mol. The maximum Gasteiger partial charge on any atom is 0.239 e. The third-order valence-electron chi connectivity index (χ3n) is 3.72. The second kappa shape index (κ2) is 9.24. The van der Waals surface area contributed by atoms with E-state index in [4.69, 9.17) is 10.5 Å². The molecule has 0 radical (unpaired) electrons. The number of rotatable bonds is 7. The molecule has 2 rings (SSSR count). The smallest absolute Gasteiger partial charge is 0.239 e. The molecule has 1 aromatic rings. The number of hydrogen-bond donors (Lipinski definition) is 3. The largest absolute Gasteiger partial charge is 0.379 e. The van der Waals surface area contributed by atoms with E-state index in [2.05, 4.69) is 21.6 Å². The molecule has 126 valence electrons. The Morgan fingerprint density at radius 2 is 1.78 bits per heavy atom. The topological polar surface area (TPSA) is 96.7 Å². The number of ether oxygens (including phenoxy) is 1. The minimum Gasteiger partial charge on any atom is -0.379 e. The molecule has 0 aromatic heterocycles. The third kappa shape index (κ3) is 5.97. The summed E-state index contributed by atoms with van der Waals surface area (Å²) in [7, 11) is 0. The Labute approximate surface area is 136 Å². The van der Waals surface area contributed by atoms with Crippen LogP contribution < -0.4 is 16.4 Å². The minimum atomic E-state index is -0.340. The van der Waals surface area contributed by atoms with Gasteiger partial charge in [0, 0.05) is 26.2 Å². The number of benzene rings is 1. The maximum absolute atomic E-state index is 11.7. The van der Waals surface area contributed by atoms with E-state index in [0.717, 1.165) is 38.4 Å². The zero-order valence-electron chi connectivity index (χ0n) is 13.2. The fourth-order valence-corrected chi connectivity index (χ4v) is 2.39. The van der Waals surface area contributed by atoms with Crippen molar-refractivity contribution >= 4 is 11.8 Å². The van der Waals surface area contributed by atoms with Crippen molar-refractivity contribution in [3.63, 3.8) is 0 Å². The first kappa shape index (κ1) is 17.4. The number of carbonyl (C=O) groups is 2. The number of hydrogen-bond acceptors (Lipinski definition) is 5. The van der Waals surface area contributed by atoms with Gasteiger partial charge in [-0.25, -0.2) is 0 Å². The van der Waals surface area contributed by atoms with Gasteiger partial charge in [0.25, 0.3) is 0 Å². The van der Waals surface area contributed by atoms with Crippen molar-refractivity contribution in [3.8, 4) is 0 Å². The Morgan fingerprint density at radius 1 is 1.09 bits per heavy atom. The van der Waals surface area contributed by atoms with Crippen molar-refractivity contribution in [1.82, 2.24) is 15.5 Å². The lowest BCUT2D eigenvalue weighted by atomic mass is 10.1. The van der Waals surface area contributed by atoms with Crippen LogP contribution in [-0.4, -0.2) is 56.1 Å². The Balaban J connectivity index is 1.84. The molecule has 0 spiro atoms. The molecule has 1 aliphatic rings. The Kier molecular flexibility index (Phi) is 6.99. The standard InChI is InChI=1S/C16H24N4O3/c17-9-15(21)19-11-16(22)18-10-13-3-1-2-4-14(13)12-20-5-7-23-8-6-20/h1-4H,5-12,17H2,(H,18,22)(H,19,21). The number of amides is 2. The highest BCUT2D eigenvalue weighted by molar-refractivity contribution is 5.85. The quantitative estimate of drug-likeness (QED) is 0.612. The monoisotopic (exact) mass is 320 g/mol. The van der Waals surface area contributed by atoms with Gasteiger partial charge in [-0.15, -0.1) is 0 Å². The summed E-state index contributed by atoms with van der Waals surface area (Å²) in [6.07, 6.45) is 0. The molecule has 0 unspecified atom stereocenters. The molecule has 7 heteroatoms. The molecule has 1 heterocycles. The van der Waals surface area contributed by atoms with Crippen LogP contribution in [0.5, 0.6) is 0 Å². The normalized spacial score (nSPS) is 15.2. The molecule has 1 saturated heterocycles. The molecule has 0 atom stereocenters. The van der Waals surface area contributed by atoms with Crippen LogP contribution >= 0.6 is 0 Å². The first-order valence-electron chi connectivity index (χ1n) is 7.79. The van der Waals surface area contributed by atoms with Gasteiger partial charge in [0.1, 0.15) is 0 Å². The first-order valence-corrected chi connectivity index (χ1v) is 7.79. The molecule has 2 amide bonds. The van der Waals surface area contributed by atoms with Crippen molar-refractivity contribution in [1.29, 1.82) is 0 Å². The van der Waals surface area contributed by atoms with Gasteiger partial charge in [-0.05, 0) is 11.1 Å². The zero-order chi connectivity index (χ0) is 16.5. The second-order valence-electron chi connectivity index (χ2n) is 5.41. The highest BCUT2D eigenvalue weighted by atomic mass is 16.5. The highest BCUT2D eigenvalue weighted by Gasteiger charge is 2.13. The van der Waals surface area contributed by atoms with Gasteiger partial charge in [-0.3, -0.25) is 14.5 Å². The van der Waals surface area contributed by atoms with E-state index in [1.807, 2.05) is 18.2 Å². The summed E-state index contributed by atoms with van der Waals surface area (Å²) in [6.45, 7) is 4.49. The fourth-order valence-electron chi connectivity index (χ4n) is 2.39. The van der Waals surface area contributed by atoms with Crippen LogP contribution in [0.25, 0.3) is 0 Å². The average Bonchev–Trinajstić information content (AvgIpc) is 2.59. The highest BCUT2D eigenvalue weighted by Crippen LogP contribution is 2.12. The van der Waals surface area contributed by atoms with E-state index in [1.54, 1.807) is 0 Å². The Morgan fingerprint density at radius 3 is 2.48 bits per heavy atom. The molecule has 1 aliphatic heterocycles. The summed E-state index contributed by atoms with van der Waals surface area (Å²) in [5, 5.41) is 5.27. The van der Waals surface area contributed by atoms with E-state index in [1.165, 1.54) is 5.56 Å². The number of nitrogens with two attached hydrogens (primary N) is 1. The summed E-state index contributed by atoms with van der Waals surface area (Å²) < 4.78 is 5.36. The molecule has 0 saturated carbocycles. The van der Waals surface area contributed by atoms with Gasteiger partial charge in [-0.1, -0.05) is 24.3 Å². The minimum absolute atomic E-state index is 0.0539. The molecule has 4 N–H and O–H groups in total. The lowest BCUT2D eigenvalue weighted by Crippen LogP contribution is -2.39. The second-order valence-corrected chi connectivity index (χ2v) is 5.41. The van der Waals surface area contributed by atoms with Gasteiger partial charge in [-0.2, -0.15) is 0 Å². The van der Waals surface area contributed by atoms with Crippen LogP contribution in [-0.2, 0) is 27.4 Å².